The summed E-state index contributed by atoms with van der Waals surface area (Å²) >= 11 is 0. The fraction of sp³-hybridized carbons (Fsp3) is 0.854. The van der Waals surface area contributed by atoms with Crippen LogP contribution in [0.15, 0.2) is 36.5 Å². The van der Waals surface area contributed by atoms with E-state index in [9.17, 15) is 9.90 Å². The Morgan fingerprint density at radius 1 is 0.462 bits per heavy atom. The summed E-state index contributed by atoms with van der Waals surface area (Å²) < 4.78 is 11.2. The van der Waals surface area contributed by atoms with Gasteiger partial charge in [0.2, 0.25) is 0 Å². The molecule has 0 amide bonds. The zero-order valence-corrected chi connectivity index (χ0v) is 35.1. The van der Waals surface area contributed by atoms with Gasteiger partial charge < -0.3 is 14.6 Å². The predicted octanol–water partition coefficient (Wildman–Crippen LogP) is 15.3. The number of hydrogen-bond donors (Lipinski definition) is 1. The van der Waals surface area contributed by atoms with E-state index in [0.717, 1.165) is 32.1 Å². The fourth-order valence-corrected chi connectivity index (χ4v) is 6.75. The minimum absolute atomic E-state index is 0.173. The molecule has 0 heterocycles. The Kier molecular flexibility index (Phi) is 44.5. The van der Waals surface area contributed by atoms with Gasteiger partial charge in [-0.15, -0.1) is 0 Å². The summed E-state index contributed by atoms with van der Waals surface area (Å²) in [5.74, 6) is -0.200. The quantitative estimate of drug-likeness (QED) is 0.0385. The summed E-state index contributed by atoms with van der Waals surface area (Å²) in [5.41, 5.74) is 0. The number of hydrogen-bond acceptors (Lipinski definition) is 4. The van der Waals surface area contributed by atoms with Gasteiger partial charge >= 0.3 is 5.97 Å². The maximum atomic E-state index is 12.2. The molecule has 0 aliphatic carbocycles. The number of ether oxygens (including phenoxy) is 2. The van der Waals surface area contributed by atoms with Crippen molar-refractivity contribution in [3.63, 3.8) is 0 Å². The second-order valence-electron chi connectivity index (χ2n) is 15.5. The van der Waals surface area contributed by atoms with Crippen molar-refractivity contribution in [3.8, 4) is 0 Å². The number of unbranched alkanes of at least 4 members (excludes halogenated alkanes) is 29. The summed E-state index contributed by atoms with van der Waals surface area (Å²) in [6.45, 7) is 5.33. The molecule has 0 saturated carbocycles. The summed E-state index contributed by atoms with van der Waals surface area (Å²) in [5, 5.41) is 9.62. The number of aliphatic hydroxyl groups is 1. The Balaban J connectivity index is 3.41. The molecule has 306 valence electrons. The molecular weight excluding hydrogens is 641 g/mol. The highest BCUT2D eigenvalue weighted by Crippen LogP contribution is 2.16. The van der Waals surface area contributed by atoms with Gasteiger partial charge in [-0.2, -0.15) is 0 Å². The number of rotatable bonds is 43. The molecule has 4 heteroatoms. The van der Waals surface area contributed by atoms with E-state index >= 15 is 0 Å². The molecule has 0 aromatic carbocycles. The summed E-state index contributed by atoms with van der Waals surface area (Å²) in [4.78, 5) is 12.2. The molecule has 0 spiro atoms. The van der Waals surface area contributed by atoms with Crippen molar-refractivity contribution < 1.29 is 19.4 Å². The average Bonchev–Trinajstić information content (AvgIpc) is 3.15. The van der Waals surface area contributed by atoms with E-state index in [2.05, 4.69) is 50.3 Å². The normalized spacial score (nSPS) is 12.6. The predicted molar refractivity (Wildman–Crippen MR) is 228 cm³/mol. The van der Waals surface area contributed by atoms with Crippen LogP contribution < -0.4 is 0 Å². The zero-order chi connectivity index (χ0) is 37.7. The van der Waals surface area contributed by atoms with Crippen LogP contribution in [0.25, 0.3) is 0 Å². The van der Waals surface area contributed by atoms with Crippen LogP contribution in [0, 0.1) is 0 Å². The van der Waals surface area contributed by atoms with Gasteiger partial charge in [0.15, 0.2) is 0 Å². The van der Waals surface area contributed by atoms with E-state index in [4.69, 9.17) is 9.47 Å². The molecule has 0 rings (SSSR count). The molecule has 4 nitrogen and oxygen atoms in total. The van der Waals surface area contributed by atoms with E-state index in [-0.39, 0.29) is 12.6 Å². The molecule has 0 radical (unpaired) electrons. The molecule has 1 N–H and O–H groups in total. The van der Waals surface area contributed by atoms with Crippen LogP contribution in [0.3, 0.4) is 0 Å². The first kappa shape index (κ1) is 50.6. The lowest BCUT2D eigenvalue weighted by Crippen LogP contribution is -2.27. The second-order valence-corrected chi connectivity index (χ2v) is 15.5. The highest BCUT2D eigenvalue weighted by Gasteiger charge is 2.13. The molecule has 0 saturated heterocycles. The summed E-state index contributed by atoms with van der Waals surface area (Å²) in [7, 11) is 0. The molecule has 0 bridgehead atoms. The van der Waals surface area contributed by atoms with Crippen molar-refractivity contribution >= 4 is 5.97 Å². The Hall–Kier alpha value is -1.39. The van der Waals surface area contributed by atoms with Gasteiger partial charge in [0.05, 0.1) is 13.2 Å². The van der Waals surface area contributed by atoms with Gasteiger partial charge in [-0.3, -0.25) is 4.79 Å². The Morgan fingerprint density at radius 3 is 1.25 bits per heavy atom. The Labute approximate surface area is 325 Å². The third kappa shape index (κ3) is 43.0. The third-order valence-corrected chi connectivity index (χ3v) is 10.2. The largest absolute Gasteiger partial charge is 0.457 e. The van der Waals surface area contributed by atoms with E-state index < -0.39 is 6.10 Å². The molecule has 52 heavy (non-hydrogen) atoms. The zero-order valence-electron chi connectivity index (χ0n) is 35.1. The van der Waals surface area contributed by atoms with Crippen molar-refractivity contribution in [2.75, 3.05) is 19.8 Å². The van der Waals surface area contributed by atoms with E-state index in [0.29, 0.717) is 19.6 Å². The van der Waals surface area contributed by atoms with E-state index in [1.54, 1.807) is 0 Å². The lowest BCUT2D eigenvalue weighted by Gasteiger charge is -2.16. The lowest BCUT2D eigenvalue weighted by atomic mass is 10.0. The van der Waals surface area contributed by atoms with Crippen molar-refractivity contribution in [2.45, 2.75) is 245 Å². The smallest absolute Gasteiger partial charge is 0.306 e. The maximum Gasteiger partial charge on any atom is 0.306 e. The highest BCUT2D eigenvalue weighted by atomic mass is 16.6. The standard InChI is InChI=1S/C48H90O4/c1-3-5-7-9-11-13-15-17-19-21-23-25-27-29-31-33-35-37-39-41-43-48(50)52-47(45-49)46-51-44-42-40-38-36-34-32-30-28-26-24-22-20-18-16-14-12-10-8-6-4-2/h12,14,18,20,24,26,47,49H,3-11,13,15-17,19,21-23,25,27-46H2,1-2H3/b14-12-,20-18-,26-24-. The van der Waals surface area contributed by atoms with Crippen LogP contribution in [0.1, 0.15) is 239 Å². The van der Waals surface area contributed by atoms with Gasteiger partial charge in [0.25, 0.3) is 0 Å². The maximum absolute atomic E-state index is 12.2. The van der Waals surface area contributed by atoms with Crippen LogP contribution >= 0.6 is 0 Å². The molecule has 1 unspecified atom stereocenters. The number of allylic oxidation sites excluding steroid dienone is 6. The number of aliphatic hydroxyl groups excluding tert-OH is 1. The van der Waals surface area contributed by atoms with Crippen LogP contribution in [-0.4, -0.2) is 37.0 Å². The second kappa shape index (κ2) is 45.8. The number of esters is 1. The molecule has 0 aliphatic heterocycles. The Morgan fingerprint density at radius 2 is 0.808 bits per heavy atom. The van der Waals surface area contributed by atoms with Crippen molar-refractivity contribution in [1.82, 2.24) is 0 Å². The van der Waals surface area contributed by atoms with Gasteiger partial charge in [-0.05, 0) is 51.4 Å². The Bertz CT molecular complexity index is 772. The monoisotopic (exact) mass is 731 g/mol. The third-order valence-electron chi connectivity index (χ3n) is 10.2. The van der Waals surface area contributed by atoms with Crippen LogP contribution in [0.2, 0.25) is 0 Å². The lowest BCUT2D eigenvalue weighted by molar-refractivity contribution is -0.154. The van der Waals surface area contributed by atoms with Crippen molar-refractivity contribution in [3.05, 3.63) is 36.5 Å². The highest BCUT2D eigenvalue weighted by molar-refractivity contribution is 5.69. The number of carbonyl (C=O) groups is 1. The van der Waals surface area contributed by atoms with Crippen LogP contribution in [0.5, 0.6) is 0 Å². The molecule has 0 aliphatic rings. The van der Waals surface area contributed by atoms with E-state index in [1.165, 1.54) is 186 Å². The minimum Gasteiger partial charge on any atom is -0.457 e. The van der Waals surface area contributed by atoms with Crippen LogP contribution in [-0.2, 0) is 14.3 Å². The minimum atomic E-state index is -0.537. The average molecular weight is 731 g/mol. The molecule has 0 aromatic rings. The fourth-order valence-electron chi connectivity index (χ4n) is 6.75. The van der Waals surface area contributed by atoms with Gasteiger partial charge in [0.1, 0.15) is 6.10 Å². The van der Waals surface area contributed by atoms with Crippen molar-refractivity contribution in [1.29, 1.82) is 0 Å². The van der Waals surface area contributed by atoms with Gasteiger partial charge in [0, 0.05) is 13.0 Å². The molecule has 1 atom stereocenters. The summed E-state index contributed by atoms with van der Waals surface area (Å²) in [6, 6.07) is 0. The van der Waals surface area contributed by atoms with Gasteiger partial charge in [-0.1, -0.05) is 217 Å². The molecular formula is C48H90O4. The first-order valence-electron chi connectivity index (χ1n) is 23.1. The SMILES string of the molecule is CCCCC/C=C\C/C=C\C/C=C\CCCCCCCCCOCC(CO)OC(=O)CCCCCCCCCCCCCCCCCCCCCC. The summed E-state index contributed by atoms with van der Waals surface area (Å²) in [6.07, 6.45) is 57.8. The topological polar surface area (TPSA) is 55.8 Å². The van der Waals surface area contributed by atoms with Gasteiger partial charge in [-0.25, -0.2) is 0 Å². The molecule has 0 aromatic heterocycles. The number of carbonyl (C=O) groups excluding carboxylic acids is 1. The van der Waals surface area contributed by atoms with Crippen molar-refractivity contribution in [2.24, 2.45) is 0 Å². The first-order chi connectivity index (χ1) is 25.7. The molecule has 0 fully saturated rings. The van der Waals surface area contributed by atoms with Crippen LogP contribution in [0.4, 0.5) is 0 Å². The van der Waals surface area contributed by atoms with E-state index in [1.807, 2.05) is 0 Å². The first-order valence-corrected chi connectivity index (χ1v) is 23.1.